The van der Waals surface area contributed by atoms with Gasteiger partial charge in [-0.2, -0.15) is 11.3 Å². The summed E-state index contributed by atoms with van der Waals surface area (Å²) in [5, 5.41) is 6.75. The number of thiophene rings is 1. The number of hydrogen-bond donors (Lipinski definition) is 1. The predicted octanol–water partition coefficient (Wildman–Crippen LogP) is 3.07. The number of aryl methyl sites for hydroxylation is 1. The molecule has 6 heteroatoms. The highest BCUT2D eigenvalue weighted by Crippen LogP contribution is 2.23. The minimum Gasteiger partial charge on any atom is -0.342 e. The number of amides is 1. The number of nitrogens with zero attached hydrogens (tertiary/aromatic N) is 2. The molecule has 2 aromatic heterocycles. The highest BCUT2D eigenvalue weighted by Gasteiger charge is 2.23. The van der Waals surface area contributed by atoms with Crippen LogP contribution in [0.1, 0.15) is 23.0 Å². The van der Waals surface area contributed by atoms with Crippen LogP contribution < -0.4 is 5.32 Å². The van der Waals surface area contributed by atoms with Crippen LogP contribution in [-0.4, -0.2) is 15.5 Å². The molecule has 0 aliphatic carbocycles. The second kappa shape index (κ2) is 6.75. The second-order valence-corrected chi connectivity index (χ2v) is 6.01. The average Bonchev–Trinajstić information content (AvgIpc) is 3.17. The van der Waals surface area contributed by atoms with E-state index in [0.29, 0.717) is 11.4 Å². The molecule has 0 aliphatic rings. The fraction of sp³-hybridized carbons (Fsp3) is 0.176. The molecule has 0 saturated carbocycles. The van der Waals surface area contributed by atoms with Crippen molar-refractivity contribution >= 4 is 17.2 Å². The molecule has 0 bridgehead atoms. The van der Waals surface area contributed by atoms with E-state index in [-0.39, 0.29) is 18.1 Å². The fourth-order valence-electron chi connectivity index (χ4n) is 2.44. The fourth-order valence-corrected chi connectivity index (χ4v) is 3.11. The molecule has 0 saturated heterocycles. The molecule has 0 fully saturated rings. The zero-order valence-electron chi connectivity index (χ0n) is 12.6. The Kier molecular flexibility index (Phi) is 4.52. The van der Waals surface area contributed by atoms with Crippen LogP contribution in [0.25, 0.3) is 0 Å². The quantitative estimate of drug-likeness (QED) is 0.782. The van der Waals surface area contributed by atoms with Crippen molar-refractivity contribution in [2.24, 2.45) is 7.05 Å². The largest absolute Gasteiger partial charge is 0.342 e. The zero-order chi connectivity index (χ0) is 16.2. The lowest BCUT2D eigenvalue weighted by Gasteiger charge is -2.19. The molecular formula is C17H16FN3OS. The first-order valence-electron chi connectivity index (χ1n) is 7.17. The number of benzene rings is 1. The van der Waals surface area contributed by atoms with Gasteiger partial charge in [-0.1, -0.05) is 18.2 Å². The molecule has 0 aliphatic heterocycles. The zero-order valence-corrected chi connectivity index (χ0v) is 13.4. The third-order valence-corrected chi connectivity index (χ3v) is 4.32. The predicted molar refractivity (Wildman–Crippen MR) is 87.6 cm³/mol. The van der Waals surface area contributed by atoms with Crippen molar-refractivity contribution in [1.82, 2.24) is 14.9 Å². The van der Waals surface area contributed by atoms with E-state index in [1.807, 2.05) is 23.9 Å². The number of nitrogens with one attached hydrogen (secondary N) is 1. The highest BCUT2D eigenvalue weighted by atomic mass is 32.1. The maximum Gasteiger partial charge on any atom is 0.225 e. The number of aromatic nitrogens is 2. The summed E-state index contributed by atoms with van der Waals surface area (Å²) >= 11 is 1.54. The van der Waals surface area contributed by atoms with Crippen LogP contribution in [0.5, 0.6) is 0 Å². The summed E-state index contributed by atoms with van der Waals surface area (Å²) < 4.78 is 16.0. The third-order valence-electron chi connectivity index (χ3n) is 3.58. The smallest absolute Gasteiger partial charge is 0.225 e. The summed E-state index contributed by atoms with van der Waals surface area (Å²) in [5.74, 6) is 0.0600. The van der Waals surface area contributed by atoms with Crippen LogP contribution in [0.4, 0.5) is 4.39 Å². The van der Waals surface area contributed by atoms with E-state index in [9.17, 15) is 9.18 Å². The molecule has 0 unspecified atom stereocenters. The highest BCUT2D eigenvalue weighted by molar-refractivity contribution is 7.07. The minimum atomic E-state index is -0.623. The Hall–Kier alpha value is -2.47. The Bertz CT molecular complexity index is 798. The van der Waals surface area contributed by atoms with Gasteiger partial charge in [-0.05, 0) is 28.5 Å². The molecule has 0 spiro atoms. The standard InChI is InChI=1S/C17H16FN3OS/c1-21-8-7-19-17(21)16(13-4-2-3-5-14(13)18)20-15(22)10-12-6-9-23-11-12/h2-9,11,16H,10H2,1H3,(H,20,22)/t16-/m0/s1. The third kappa shape index (κ3) is 3.48. The number of halogens is 1. The van der Waals surface area contributed by atoms with Crippen LogP contribution in [-0.2, 0) is 18.3 Å². The first kappa shape index (κ1) is 15.4. The first-order valence-corrected chi connectivity index (χ1v) is 8.11. The lowest BCUT2D eigenvalue weighted by molar-refractivity contribution is -0.121. The van der Waals surface area contributed by atoms with Gasteiger partial charge < -0.3 is 9.88 Å². The Balaban J connectivity index is 1.88. The minimum absolute atomic E-state index is 0.167. The van der Waals surface area contributed by atoms with Gasteiger partial charge in [0.1, 0.15) is 17.7 Å². The topological polar surface area (TPSA) is 46.9 Å². The monoisotopic (exact) mass is 329 g/mol. The van der Waals surface area contributed by atoms with E-state index < -0.39 is 6.04 Å². The summed E-state index contributed by atoms with van der Waals surface area (Å²) in [5.41, 5.74) is 1.35. The van der Waals surface area contributed by atoms with E-state index in [0.717, 1.165) is 5.56 Å². The van der Waals surface area contributed by atoms with Crippen molar-refractivity contribution in [2.45, 2.75) is 12.5 Å². The number of carbonyl (C=O) groups is 1. The lowest BCUT2D eigenvalue weighted by atomic mass is 10.0. The number of rotatable bonds is 5. The molecule has 1 amide bonds. The van der Waals surface area contributed by atoms with Gasteiger partial charge in [0.2, 0.25) is 5.91 Å². The van der Waals surface area contributed by atoms with Crippen molar-refractivity contribution in [1.29, 1.82) is 0 Å². The normalized spacial score (nSPS) is 12.1. The molecule has 3 aromatic rings. The Morgan fingerprint density at radius 2 is 2.22 bits per heavy atom. The van der Waals surface area contributed by atoms with Crippen LogP contribution in [0, 0.1) is 5.82 Å². The van der Waals surface area contributed by atoms with Crippen LogP contribution in [0.2, 0.25) is 0 Å². The van der Waals surface area contributed by atoms with Gasteiger partial charge in [-0.15, -0.1) is 0 Å². The van der Waals surface area contributed by atoms with E-state index in [1.165, 1.54) is 6.07 Å². The molecule has 4 nitrogen and oxygen atoms in total. The van der Waals surface area contributed by atoms with Crippen molar-refractivity contribution in [3.05, 3.63) is 76.3 Å². The molecule has 1 aromatic carbocycles. The van der Waals surface area contributed by atoms with E-state index in [1.54, 1.807) is 46.5 Å². The number of hydrogen-bond acceptors (Lipinski definition) is 3. The molecule has 2 heterocycles. The Labute approximate surface area is 137 Å². The molecule has 1 N–H and O–H groups in total. The maximum atomic E-state index is 14.2. The van der Waals surface area contributed by atoms with E-state index in [2.05, 4.69) is 10.3 Å². The van der Waals surface area contributed by atoms with Crippen molar-refractivity contribution in [2.75, 3.05) is 0 Å². The summed E-state index contributed by atoms with van der Waals surface area (Å²) in [6.45, 7) is 0. The molecule has 118 valence electrons. The first-order chi connectivity index (χ1) is 11.1. The summed E-state index contributed by atoms with van der Waals surface area (Å²) in [6, 6.07) is 7.71. The Morgan fingerprint density at radius 3 is 2.87 bits per heavy atom. The summed E-state index contributed by atoms with van der Waals surface area (Å²) in [6.07, 6.45) is 3.67. The molecule has 1 atom stereocenters. The van der Waals surface area contributed by atoms with Gasteiger partial charge in [0, 0.05) is 25.0 Å². The van der Waals surface area contributed by atoms with Gasteiger partial charge >= 0.3 is 0 Å². The SMILES string of the molecule is Cn1ccnc1[C@@H](NC(=O)Cc1ccsc1)c1ccccc1F. The van der Waals surface area contributed by atoms with Crippen LogP contribution in [0.15, 0.2) is 53.5 Å². The van der Waals surface area contributed by atoms with Gasteiger partial charge in [0.25, 0.3) is 0 Å². The summed E-state index contributed by atoms with van der Waals surface area (Å²) in [4.78, 5) is 16.6. The van der Waals surface area contributed by atoms with E-state index >= 15 is 0 Å². The Morgan fingerprint density at radius 1 is 1.39 bits per heavy atom. The molecule has 23 heavy (non-hydrogen) atoms. The van der Waals surface area contributed by atoms with Crippen molar-refractivity contribution in [3.63, 3.8) is 0 Å². The van der Waals surface area contributed by atoms with Gasteiger partial charge in [0.15, 0.2) is 0 Å². The van der Waals surface area contributed by atoms with Crippen molar-refractivity contribution in [3.8, 4) is 0 Å². The van der Waals surface area contributed by atoms with Gasteiger partial charge in [0.05, 0.1) is 6.42 Å². The maximum absolute atomic E-state index is 14.2. The van der Waals surface area contributed by atoms with E-state index in [4.69, 9.17) is 0 Å². The van der Waals surface area contributed by atoms with Gasteiger partial charge in [-0.3, -0.25) is 4.79 Å². The average molecular weight is 329 g/mol. The van der Waals surface area contributed by atoms with Crippen molar-refractivity contribution < 1.29 is 9.18 Å². The van der Waals surface area contributed by atoms with Crippen LogP contribution in [0.3, 0.4) is 0 Å². The van der Waals surface area contributed by atoms with Gasteiger partial charge in [-0.25, -0.2) is 9.37 Å². The second-order valence-electron chi connectivity index (χ2n) is 5.23. The van der Waals surface area contributed by atoms with Crippen LogP contribution >= 0.6 is 11.3 Å². The molecule has 0 radical (unpaired) electrons. The summed E-state index contributed by atoms with van der Waals surface area (Å²) in [7, 11) is 1.82. The lowest BCUT2D eigenvalue weighted by Crippen LogP contribution is -2.32. The number of carbonyl (C=O) groups excluding carboxylic acids is 1. The number of imidazole rings is 1. The molecular weight excluding hydrogens is 313 g/mol. The molecule has 3 rings (SSSR count).